The lowest BCUT2D eigenvalue weighted by atomic mass is 10.1. The molecule has 30 heavy (non-hydrogen) atoms. The molecule has 1 aliphatic heterocycles. The lowest BCUT2D eigenvalue weighted by Crippen LogP contribution is -2.53. The van der Waals surface area contributed by atoms with Crippen molar-refractivity contribution in [3.05, 3.63) is 99.4 Å². The number of hydrazine groups is 1. The van der Waals surface area contributed by atoms with Gasteiger partial charge in [-0.25, -0.2) is 5.01 Å². The molecule has 0 saturated heterocycles. The SMILES string of the molecule is Cc1cccc([C@H]2Nc3ccccc3C(=O)N2NC(=O)c2ccc([N+](=O)[O-])cc2)n1. The summed E-state index contributed by atoms with van der Waals surface area (Å²) >= 11 is 0. The Morgan fingerprint density at radius 2 is 1.83 bits per heavy atom. The summed E-state index contributed by atoms with van der Waals surface area (Å²) in [5.41, 5.74) is 5.04. The van der Waals surface area contributed by atoms with E-state index in [4.69, 9.17) is 0 Å². The number of nitro groups is 1. The number of aryl methyl sites for hydroxylation is 1. The number of para-hydroxylation sites is 1. The minimum absolute atomic E-state index is 0.127. The van der Waals surface area contributed by atoms with E-state index in [1.165, 1.54) is 29.3 Å². The van der Waals surface area contributed by atoms with Crippen LogP contribution >= 0.6 is 0 Å². The molecule has 3 aromatic rings. The monoisotopic (exact) mass is 403 g/mol. The van der Waals surface area contributed by atoms with Crippen molar-refractivity contribution < 1.29 is 14.5 Å². The summed E-state index contributed by atoms with van der Waals surface area (Å²) in [6.07, 6.45) is -0.728. The lowest BCUT2D eigenvalue weighted by molar-refractivity contribution is -0.384. The number of fused-ring (bicyclic) bond motifs is 1. The molecule has 1 aromatic heterocycles. The number of anilines is 1. The molecule has 2 aromatic carbocycles. The summed E-state index contributed by atoms with van der Waals surface area (Å²) in [5.74, 6) is -0.968. The van der Waals surface area contributed by atoms with Crippen molar-refractivity contribution in [2.45, 2.75) is 13.1 Å². The lowest BCUT2D eigenvalue weighted by Gasteiger charge is -2.37. The molecule has 150 valence electrons. The van der Waals surface area contributed by atoms with Gasteiger partial charge in [0.2, 0.25) is 0 Å². The van der Waals surface area contributed by atoms with E-state index in [0.29, 0.717) is 16.9 Å². The van der Waals surface area contributed by atoms with Gasteiger partial charge in [0.25, 0.3) is 17.5 Å². The third kappa shape index (κ3) is 3.55. The largest absolute Gasteiger partial charge is 0.358 e. The van der Waals surface area contributed by atoms with Crippen molar-refractivity contribution >= 4 is 23.2 Å². The minimum atomic E-state index is -0.728. The van der Waals surface area contributed by atoms with Gasteiger partial charge in [0.15, 0.2) is 6.17 Å². The average molecular weight is 403 g/mol. The molecular weight excluding hydrogens is 386 g/mol. The van der Waals surface area contributed by atoms with Crippen LogP contribution in [-0.2, 0) is 0 Å². The summed E-state index contributed by atoms with van der Waals surface area (Å²) in [6, 6.07) is 17.6. The minimum Gasteiger partial charge on any atom is -0.358 e. The van der Waals surface area contributed by atoms with E-state index in [2.05, 4.69) is 15.7 Å². The zero-order valence-electron chi connectivity index (χ0n) is 15.9. The molecule has 1 atom stereocenters. The average Bonchev–Trinajstić information content (AvgIpc) is 2.75. The molecule has 0 saturated carbocycles. The summed E-state index contributed by atoms with van der Waals surface area (Å²) in [7, 11) is 0. The van der Waals surface area contributed by atoms with Crippen LogP contribution in [0.3, 0.4) is 0 Å². The standard InChI is InChI=1S/C21H17N5O4/c1-13-5-4-8-18(22-13)19-23-17-7-3-2-6-16(17)21(28)25(19)24-20(27)14-9-11-15(12-10-14)26(29)30/h2-12,19,23H,1H3,(H,24,27)/t19-/m0/s1. The molecule has 0 fully saturated rings. The fourth-order valence-electron chi connectivity index (χ4n) is 3.20. The molecule has 9 nitrogen and oxygen atoms in total. The number of non-ortho nitro benzene ring substituents is 1. The number of nitro benzene ring substituents is 1. The number of pyridine rings is 1. The van der Waals surface area contributed by atoms with Crippen LogP contribution in [0.15, 0.2) is 66.7 Å². The van der Waals surface area contributed by atoms with E-state index >= 15 is 0 Å². The molecule has 2 amide bonds. The molecule has 0 radical (unpaired) electrons. The van der Waals surface area contributed by atoms with E-state index in [0.717, 1.165) is 5.69 Å². The topological polar surface area (TPSA) is 117 Å². The van der Waals surface area contributed by atoms with E-state index in [9.17, 15) is 19.7 Å². The van der Waals surface area contributed by atoms with E-state index in [-0.39, 0.29) is 11.3 Å². The Bertz CT molecular complexity index is 1150. The Morgan fingerprint density at radius 3 is 2.53 bits per heavy atom. The van der Waals surface area contributed by atoms with Crippen molar-refractivity contribution in [1.82, 2.24) is 15.4 Å². The number of carbonyl (C=O) groups excluding carboxylic acids is 2. The van der Waals surface area contributed by atoms with Crippen LogP contribution in [-0.4, -0.2) is 26.7 Å². The fraction of sp³-hybridized carbons (Fsp3) is 0.0952. The second kappa shape index (κ2) is 7.63. The Hall–Kier alpha value is -4.27. The third-order valence-corrected chi connectivity index (χ3v) is 4.68. The highest BCUT2D eigenvalue weighted by atomic mass is 16.6. The molecule has 0 aliphatic carbocycles. The third-order valence-electron chi connectivity index (χ3n) is 4.68. The van der Waals surface area contributed by atoms with Crippen molar-refractivity contribution in [1.29, 1.82) is 0 Å². The van der Waals surface area contributed by atoms with E-state index in [1.807, 2.05) is 25.1 Å². The highest BCUT2D eigenvalue weighted by molar-refractivity contribution is 6.03. The number of carbonyl (C=O) groups is 2. The number of nitrogens with one attached hydrogen (secondary N) is 2. The zero-order chi connectivity index (χ0) is 21.3. The van der Waals surface area contributed by atoms with Crippen LogP contribution in [0, 0.1) is 17.0 Å². The number of benzene rings is 2. The Kier molecular flexibility index (Phi) is 4.85. The molecule has 2 heterocycles. The van der Waals surface area contributed by atoms with Gasteiger partial charge in [0, 0.05) is 29.1 Å². The first kappa shape index (κ1) is 19.1. The van der Waals surface area contributed by atoms with Crippen LogP contribution in [0.4, 0.5) is 11.4 Å². The normalized spacial score (nSPS) is 15.2. The molecule has 0 spiro atoms. The van der Waals surface area contributed by atoms with Crippen LogP contribution in [0.2, 0.25) is 0 Å². The maximum Gasteiger partial charge on any atom is 0.276 e. The van der Waals surface area contributed by atoms with Crippen molar-refractivity contribution in [2.24, 2.45) is 0 Å². The maximum atomic E-state index is 13.1. The molecular formula is C21H17N5O4. The quantitative estimate of drug-likeness (QED) is 0.510. The number of nitrogens with zero attached hydrogens (tertiary/aromatic N) is 3. The highest BCUT2D eigenvalue weighted by Crippen LogP contribution is 2.31. The smallest absolute Gasteiger partial charge is 0.276 e. The Balaban J connectivity index is 1.68. The molecule has 4 rings (SSSR count). The Labute approximate surface area is 171 Å². The first-order valence-electron chi connectivity index (χ1n) is 9.12. The predicted octanol–water partition coefficient (Wildman–Crippen LogP) is 3.21. The summed E-state index contributed by atoms with van der Waals surface area (Å²) in [6.45, 7) is 1.84. The summed E-state index contributed by atoms with van der Waals surface area (Å²) in [4.78, 5) is 40.7. The number of aromatic nitrogens is 1. The van der Waals surface area contributed by atoms with Gasteiger partial charge in [0.1, 0.15) is 0 Å². The van der Waals surface area contributed by atoms with Gasteiger partial charge in [0.05, 0.1) is 16.2 Å². The van der Waals surface area contributed by atoms with E-state index < -0.39 is 22.9 Å². The molecule has 0 bridgehead atoms. The van der Waals surface area contributed by atoms with Crippen LogP contribution < -0.4 is 10.7 Å². The second-order valence-electron chi connectivity index (χ2n) is 6.72. The van der Waals surface area contributed by atoms with Gasteiger partial charge in [-0.15, -0.1) is 0 Å². The Morgan fingerprint density at radius 1 is 1.10 bits per heavy atom. The van der Waals surface area contributed by atoms with Gasteiger partial charge in [-0.2, -0.15) is 0 Å². The number of rotatable bonds is 4. The van der Waals surface area contributed by atoms with Gasteiger partial charge in [-0.3, -0.25) is 30.1 Å². The number of hydrogen-bond acceptors (Lipinski definition) is 6. The van der Waals surface area contributed by atoms with Crippen LogP contribution in [0.25, 0.3) is 0 Å². The molecule has 0 unspecified atom stereocenters. The molecule has 1 aliphatic rings. The highest BCUT2D eigenvalue weighted by Gasteiger charge is 2.35. The predicted molar refractivity (Wildman–Crippen MR) is 109 cm³/mol. The van der Waals surface area contributed by atoms with Crippen LogP contribution in [0.1, 0.15) is 38.3 Å². The van der Waals surface area contributed by atoms with Gasteiger partial charge in [-0.1, -0.05) is 18.2 Å². The fourth-order valence-corrected chi connectivity index (χ4v) is 3.20. The molecule has 2 N–H and O–H groups in total. The number of amides is 2. The van der Waals surface area contributed by atoms with Crippen molar-refractivity contribution in [3.63, 3.8) is 0 Å². The summed E-state index contributed by atoms with van der Waals surface area (Å²) in [5, 5.41) is 15.3. The van der Waals surface area contributed by atoms with E-state index in [1.54, 1.807) is 24.3 Å². The van der Waals surface area contributed by atoms with Crippen molar-refractivity contribution in [3.8, 4) is 0 Å². The summed E-state index contributed by atoms with van der Waals surface area (Å²) < 4.78 is 0. The van der Waals surface area contributed by atoms with Gasteiger partial charge < -0.3 is 5.32 Å². The van der Waals surface area contributed by atoms with Crippen molar-refractivity contribution in [2.75, 3.05) is 5.32 Å². The first-order chi connectivity index (χ1) is 14.4. The maximum absolute atomic E-state index is 13.1. The van der Waals surface area contributed by atoms with Gasteiger partial charge >= 0.3 is 0 Å². The van der Waals surface area contributed by atoms with Crippen LogP contribution in [0.5, 0.6) is 0 Å². The number of hydrogen-bond donors (Lipinski definition) is 2. The second-order valence-corrected chi connectivity index (χ2v) is 6.72. The first-order valence-corrected chi connectivity index (χ1v) is 9.12. The van der Waals surface area contributed by atoms with Gasteiger partial charge in [-0.05, 0) is 43.3 Å². The molecule has 9 heteroatoms. The zero-order valence-corrected chi connectivity index (χ0v) is 15.9.